The molecule has 1 amide bonds. The standard InChI is InChI=1S/C17H23NO/c1-4-14(3)17(19)18-10-8-15(9-11-18)16-7-5-6-13(2)12-16/h5-7,12,15H,3-4,8-11H2,1-2H3. The smallest absolute Gasteiger partial charge is 0.249 e. The van der Waals surface area contributed by atoms with E-state index in [1.165, 1.54) is 11.1 Å². The summed E-state index contributed by atoms with van der Waals surface area (Å²) in [7, 11) is 0. The maximum absolute atomic E-state index is 12.1. The van der Waals surface area contributed by atoms with Gasteiger partial charge in [-0.1, -0.05) is 43.3 Å². The number of nitrogens with zero attached hydrogens (tertiary/aromatic N) is 1. The predicted octanol–water partition coefficient (Wildman–Crippen LogP) is 3.67. The van der Waals surface area contributed by atoms with Gasteiger partial charge in [-0.25, -0.2) is 0 Å². The van der Waals surface area contributed by atoms with Crippen LogP contribution < -0.4 is 0 Å². The van der Waals surface area contributed by atoms with Crippen molar-refractivity contribution in [2.45, 2.75) is 39.0 Å². The SMILES string of the molecule is C=C(CC)C(=O)N1CCC(c2cccc(C)c2)CC1. The highest BCUT2D eigenvalue weighted by Gasteiger charge is 2.24. The Labute approximate surface area is 116 Å². The lowest BCUT2D eigenvalue weighted by Gasteiger charge is -2.32. The summed E-state index contributed by atoms with van der Waals surface area (Å²) in [6.45, 7) is 9.68. The first kappa shape index (κ1) is 13.9. The minimum Gasteiger partial charge on any atom is -0.339 e. The molecule has 0 unspecified atom stereocenters. The van der Waals surface area contributed by atoms with Crippen molar-refractivity contribution >= 4 is 5.91 Å². The zero-order chi connectivity index (χ0) is 13.8. The van der Waals surface area contributed by atoms with E-state index in [1.807, 2.05) is 11.8 Å². The van der Waals surface area contributed by atoms with E-state index in [0.717, 1.165) is 37.9 Å². The molecule has 1 aromatic rings. The number of piperidine rings is 1. The van der Waals surface area contributed by atoms with Crippen LogP contribution in [-0.2, 0) is 4.79 Å². The Morgan fingerprint density at radius 3 is 2.63 bits per heavy atom. The van der Waals surface area contributed by atoms with Crippen LogP contribution in [0.15, 0.2) is 36.4 Å². The van der Waals surface area contributed by atoms with Gasteiger partial charge in [-0.2, -0.15) is 0 Å². The fourth-order valence-corrected chi connectivity index (χ4v) is 2.71. The third kappa shape index (κ3) is 3.25. The Hall–Kier alpha value is -1.57. The fourth-order valence-electron chi connectivity index (χ4n) is 2.71. The van der Waals surface area contributed by atoms with Gasteiger partial charge in [0.15, 0.2) is 0 Å². The van der Waals surface area contributed by atoms with Gasteiger partial charge >= 0.3 is 0 Å². The summed E-state index contributed by atoms with van der Waals surface area (Å²) in [6.07, 6.45) is 2.87. The third-order valence-electron chi connectivity index (χ3n) is 4.02. The first-order chi connectivity index (χ1) is 9.11. The number of hydrogen-bond acceptors (Lipinski definition) is 1. The molecule has 2 heteroatoms. The lowest BCUT2D eigenvalue weighted by atomic mass is 9.88. The Bertz CT molecular complexity index is 470. The molecule has 0 saturated carbocycles. The highest BCUT2D eigenvalue weighted by atomic mass is 16.2. The van der Waals surface area contributed by atoms with Gasteiger partial charge < -0.3 is 4.90 Å². The second-order valence-corrected chi connectivity index (χ2v) is 5.44. The van der Waals surface area contributed by atoms with E-state index >= 15 is 0 Å². The quantitative estimate of drug-likeness (QED) is 0.757. The molecule has 102 valence electrons. The van der Waals surface area contributed by atoms with Gasteiger partial charge in [0, 0.05) is 18.7 Å². The monoisotopic (exact) mass is 257 g/mol. The fraction of sp³-hybridized carbons (Fsp3) is 0.471. The summed E-state index contributed by atoms with van der Waals surface area (Å²) in [6, 6.07) is 8.74. The summed E-state index contributed by atoms with van der Waals surface area (Å²) in [5.74, 6) is 0.740. The number of hydrogen-bond donors (Lipinski definition) is 0. The maximum atomic E-state index is 12.1. The van der Waals surface area contributed by atoms with Crippen molar-refractivity contribution in [1.29, 1.82) is 0 Å². The number of rotatable bonds is 3. The molecule has 0 radical (unpaired) electrons. The topological polar surface area (TPSA) is 20.3 Å². The van der Waals surface area contributed by atoms with Gasteiger partial charge in [-0.15, -0.1) is 0 Å². The van der Waals surface area contributed by atoms with E-state index in [4.69, 9.17) is 0 Å². The van der Waals surface area contributed by atoms with Crippen LogP contribution in [0.2, 0.25) is 0 Å². The van der Waals surface area contributed by atoms with E-state index < -0.39 is 0 Å². The van der Waals surface area contributed by atoms with E-state index in [-0.39, 0.29) is 5.91 Å². The van der Waals surface area contributed by atoms with Crippen LogP contribution in [0.5, 0.6) is 0 Å². The third-order valence-corrected chi connectivity index (χ3v) is 4.02. The Morgan fingerprint density at radius 2 is 2.05 bits per heavy atom. The Morgan fingerprint density at radius 1 is 1.37 bits per heavy atom. The van der Waals surface area contributed by atoms with Crippen molar-refractivity contribution in [2.24, 2.45) is 0 Å². The first-order valence-electron chi connectivity index (χ1n) is 7.15. The average molecular weight is 257 g/mol. The molecule has 1 heterocycles. The molecule has 2 nitrogen and oxygen atoms in total. The second-order valence-electron chi connectivity index (χ2n) is 5.44. The van der Waals surface area contributed by atoms with Crippen LogP contribution in [-0.4, -0.2) is 23.9 Å². The van der Waals surface area contributed by atoms with Crippen molar-refractivity contribution in [1.82, 2.24) is 4.90 Å². The highest BCUT2D eigenvalue weighted by Crippen LogP contribution is 2.29. The Balaban J connectivity index is 1.96. The van der Waals surface area contributed by atoms with Crippen LogP contribution in [0.1, 0.15) is 43.2 Å². The van der Waals surface area contributed by atoms with Crippen molar-refractivity contribution < 1.29 is 4.79 Å². The second kappa shape index (κ2) is 6.05. The Kier molecular flexibility index (Phi) is 4.41. The van der Waals surface area contributed by atoms with Crippen molar-refractivity contribution in [3.63, 3.8) is 0 Å². The van der Waals surface area contributed by atoms with Gasteiger partial charge in [-0.3, -0.25) is 4.79 Å². The molecule has 19 heavy (non-hydrogen) atoms. The van der Waals surface area contributed by atoms with Gasteiger partial charge in [0.1, 0.15) is 0 Å². The largest absolute Gasteiger partial charge is 0.339 e. The van der Waals surface area contributed by atoms with Crippen molar-refractivity contribution in [2.75, 3.05) is 13.1 Å². The van der Waals surface area contributed by atoms with Gasteiger partial charge in [-0.05, 0) is 37.7 Å². The van der Waals surface area contributed by atoms with Crippen LogP contribution in [0, 0.1) is 6.92 Å². The molecule has 0 bridgehead atoms. The predicted molar refractivity (Wildman–Crippen MR) is 79.2 cm³/mol. The van der Waals surface area contributed by atoms with Gasteiger partial charge in [0.2, 0.25) is 5.91 Å². The minimum atomic E-state index is 0.144. The maximum Gasteiger partial charge on any atom is 0.249 e. The molecule has 1 saturated heterocycles. The molecule has 0 N–H and O–H groups in total. The van der Waals surface area contributed by atoms with Crippen LogP contribution in [0.3, 0.4) is 0 Å². The lowest BCUT2D eigenvalue weighted by molar-refractivity contribution is -0.128. The molecule has 0 aliphatic carbocycles. The molecular formula is C17H23NO. The van der Waals surface area contributed by atoms with Gasteiger partial charge in [0.05, 0.1) is 0 Å². The summed E-state index contributed by atoms with van der Waals surface area (Å²) < 4.78 is 0. The summed E-state index contributed by atoms with van der Waals surface area (Å²) in [5.41, 5.74) is 3.46. The number of benzene rings is 1. The molecular weight excluding hydrogens is 234 g/mol. The zero-order valence-corrected chi connectivity index (χ0v) is 12.0. The summed E-state index contributed by atoms with van der Waals surface area (Å²) in [4.78, 5) is 14.0. The normalized spacial score (nSPS) is 16.4. The molecule has 1 aromatic carbocycles. The van der Waals surface area contributed by atoms with Crippen molar-refractivity contribution in [3.05, 3.63) is 47.5 Å². The molecule has 1 fully saturated rings. The molecule has 0 aromatic heterocycles. The van der Waals surface area contributed by atoms with Gasteiger partial charge in [0.25, 0.3) is 0 Å². The summed E-state index contributed by atoms with van der Waals surface area (Å²) in [5, 5.41) is 0. The van der Waals surface area contributed by atoms with E-state index in [2.05, 4.69) is 37.8 Å². The number of likely N-dealkylation sites (tertiary alicyclic amines) is 1. The lowest BCUT2D eigenvalue weighted by Crippen LogP contribution is -2.38. The number of aryl methyl sites for hydroxylation is 1. The zero-order valence-electron chi connectivity index (χ0n) is 12.0. The number of carbonyl (C=O) groups excluding carboxylic acids is 1. The molecule has 1 aliphatic heterocycles. The first-order valence-corrected chi connectivity index (χ1v) is 7.15. The number of carbonyl (C=O) groups is 1. The highest BCUT2D eigenvalue weighted by molar-refractivity contribution is 5.92. The van der Waals surface area contributed by atoms with Crippen LogP contribution in [0.25, 0.3) is 0 Å². The molecule has 2 rings (SSSR count). The molecule has 1 aliphatic rings. The van der Waals surface area contributed by atoms with Crippen LogP contribution >= 0.6 is 0 Å². The number of amides is 1. The van der Waals surface area contributed by atoms with Crippen molar-refractivity contribution in [3.8, 4) is 0 Å². The molecule has 0 spiro atoms. The van der Waals surface area contributed by atoms with E-state index in [0.29, 0.717) is 5.92 Å². The van der Waals surface area contributed by atoms with Crippen LogP contribution in [0.4, 0.5) is 0 Å². The van der Waals surface area contributed by atoms with E-state index in [9.17, 15) is 4.79 Å². The summed E-state index contributed by atoms with van der Waals surface area (Å²) >= 11 is 0. The minimum absolute atomic E-state index is 0.144. The average Bonchev–Trinajstić information content (AvgIpc) is 2.46. The molecule has 0 atom stereocenters. The van der Waals surface area contributed by atoms with E-state index in [1.54, 1.807) is 0 Å².